The first-order valence-electron chi connectivity index (χ1n) is 9.36. The molecule has 0 radical (unpaired) electrons. The van der Waals surface area contributed by atoms with Gasteiger partial charge in [0.25, 0.3) is 0 Å². The number of aryl methyl sites for hydroxylation is 2. The second-order valence-electron chi connectivity index (χ2n) is 7.77. The van der Waals surface area contributed by atoms with Gasteiger partial charge in [-0.05, 0) is 90.0 Å². The number of ether oxygens (including phenoxy) is 2. The molecular formula is C23H36O3. The van der Waals surface area contributed by atoms with Gasteiger partial charge in [-0.1, -0.05) is 23.3 Å². The maximum absolute atomic E-state index is 10.3. The van der Waals surface area contributed by atoms with Gasteiger partial charge in [0.2, 0.25) is 0 Å². The number of hydrogen-bond acceptors (Lipinski definition) is 3. The van der Waals surface area contributed by atoms with Crippen LogP contribution >= 0.6 is 0 Å². The summed E-state index contributed by atoms with van der Waals surface area (Å²) < 4.78 is 10.8. The average molecular weight is 361 g/mol. The second kappa shape index (κ2) is 9.82. The maximum atomic E-state index is 10.3. The van der Waals surface area contributed by atoms with Gasteiger partial charge in [-0.3, -0.25) is 0 Å². The third kappa shape index (κ3) is 6.53. The largest absolute Gasteiger partial charge is 0.493 e. The van der Waals surface area contributed by atoms with Gasteiger partial charge in [0.05, 0.1) is 19.8 Å². The summed E-state index contributed by atoms with van der Waals surface area (Å²) in [7, 11) is 3.35. The number of hydrogen-bond donors (Lipinski definition) is 1. The Balaban J connectivity index is 2.69. The van der Waals surface area contributed by atoms with Gasteiger partial charge in [0, 0.05) is 0 Å². The molecule has 0 atom stereocenters. The molecule has 3 nitrogen and oxygen atoms in total. The highest BCUT2D eigenvalue weighted by Gasteiger charge is 2.20. The number of aliphatic hydroxyl groups is 1. The number of rotatable bonds is 9. The molecule has 0 aromatic heterocycles. The lowest BCUT2D eigenvalue weighted by atomic mass is 9.89. The lowest BCUT2D eigenvalue weighted by Gasteiger charge is -2.24. The zero-order chi connectivity index (χ0) is 19.9. The average Bonchev–Trinajstić information content (AvgIpc) is 2.52. The topological polar surface area (TPSA) is 38.7 Å². The number of methoxy groups -OCH3 is 2. The standard InChI is InChI=1S/C23H36O3/c1-16(2)20(23(5,6)24)13-12-17(3)10-9-11-19-14-18(4)22(26-8)21(15-19)25-7/h10,14-15,24H,9,11-13H2,1-8H3/b17-10+. The van der Waals surface area contributed by atoms with Gasteiger partial charge in [-0.25, -0.2) is 0 Å². The van der Waals surface area contributed by atoms with Crippen molar-refractivity contribution in [2.24, 2.45) is 0 Å². The van der Waals surface area contributed by atoms with Crippen molar-refractivity contribution in [3.63, 3.8) is 0 Å². The monoisotopic (exact) mass is 360 g/mol. The van der Waals surface area contributed by atoms with Crippen LogP contribution in [0.5, 0.6) is 11.5 Å². The van der Waals surface area contributed by atoms with Crippen molar-refractivity contribution < 1.29 is 14.6 Å². The minimum Gasteiger partial charge on any atom is -0.493 e. The van der Waals surface area contributed by atoms with E-state index in [1.807, 2.05) is 20.8 Å². The van der Waals surface area contributed by atoms with E-state index in [9.17, 15) is 5.11 Å². The molecular weight excluding hydrogens is 324 g/mol. The highest BCUT2D eigenvalue weighted by molar-refractivity contribution is 5.49. The fourth-order valence-corrected chi connectivity index (χ4v) is 3.45. The van der Waals surface area contributed by atoms with Gasteiger partial charge in [-0.15, -0.1) is 0 Å². The Labute approximate surface area is 159 Å². The first kappa shape index (κ1) is 22.3. The van der Waals surface area contributed by atoms with Crippen molar-refractivity contribution in [3.05, 3.63) is 46.1 Å². The number of allylic oxidation sites excluding steroid dienone is 3. The smallest absolute Gasteiger partial charge is 0.163 e. The molecule has 0 amide bonds. The van der Waals surface area contributed by atoms with E-state index in [-0.39, 0.29) is 0 Å². The molecule has 0 spiro atoms. The Bertz CT molecular complexity index is 657. The molecule has 146 valence electrons. The van der Waals surface area contributed by atoms with Gasteiger partial charge in [-0.2, -0.15) is 0 Å². The third-order valence-corrected chi connectivity index (χ3v) is 4.76. The molecule has 26 heavy (non-hydrogen) atoms. The molecule has 0 saturated carbocycles. The van der Waals surface area contributed by atoms with Crippen molar-refractivity contribution in [1.29, 1.82) is 0 Å². The molecule has 1 N–H and O–H groups in total. The van der Waals surface area contributed by atoms with E-state index < -0.39 is 5.60 Å². The van der Waals surface area contributed by atoms with Crippen molar-refractivity contribution in [1.82, 2.24) is 0 Å². The van der Waals surface area contributed by atoms with Crippen LogP contribution in [0.1, 0.15) is 65.0 Å². The number of benzene rings is 1. The molecule has 1 aromatic carbocycles. The molecule has 3 heteroatoms. The van der Waals surface area contributed by atoms with E-state index in [0.717, 1.165) is 48.3 Å². The highest BCUT2D eigenvalue weighted by atomic mass is 16.5. The first-order chi connectivity index (χ1) is 12.1. The van der Waals surface area contributed by atoms with Crippen LogP contribution in [-0.2, 0) is 6.42 Å². The lowest BCUT2D eigenvalue weighted by Crippen LogP contribution is -2.23. The minimum absolute atomic E-state index is 0.740. The summed E-state index contributed by atoms with van der Waals surface area (Å²) in [4.78, 5) is 0. The second-order valence-corrected chi connectivity index (χ2v) is 7.77. The van der Waals surface area contributed by atoms with Crippen LogP contribution in [-0.4, -0.2) is 24.9 Å². The van der Waals surface area contributed by atoms with E-state index in [4.69, 9.17) is 9.47 Å². The van der Waals surface area contributed by atoms with Gasteiger partial charge in [0.15, 0.2) is 11.5 Å². The van der Waals surface area contributed by atoms with Crippen LogP contribution in [0.4, 0.5) is 0 Å². The Morgan fingerprint density at radius 2 is 1.73 bits per heavy atom. The highest BCUT2D eigenvalue weighted by Crippen LogP contribution is 2.32. The zero-order valence-corrected chi connectivity index (χ0v) is 17.8. The summed E-state index contributed by atoms with van der Waals surface area (Å²) in [6.07, 6.45) is 6.16. The molecule has 0 saturated heterocycles. The third-order valence-electron chi connectivity index (χ3n) is 4.76. The maximum Gasteiger partial charge on any atom is 0.163 e. The summed E-state index contributed by atoms with van der Waals surface area (Å²) in [5.74, 6) is 1.60. The van der Waals surface area contributed by atoms with Crippen LogP contribution in [0, 0.1) is 6.92 Å². The lowest BCUT2D eigenvalue weighted by molar-refractivity contribution is 0.114. The van der Waals surface area contributed by atoms with Crippen LogP contribution in [0.3, 0.4) is 0 Å². The minimum atomic E-state index is -0.740. The Hall–Kier alpha value is -1.74. The van der Waals surface area contributed by atoms with E-state index in [0.29, 0.717) is 0 Å². The molecule has 0 heterocycles. The molecule has 0 aliphatic rings. The molecule has 1 rings (SSSR count). The summed E-state index contributed by atoms with van der Waals surface area (Å²) in [6, 6.07) is 4.23. The van der Waals surface area contributed by atoms with Gasteiger partial charge < -0.3 is 14.6 Å². The Morgan fingerprint density at radius 1 is 1.08 bits per heavy atom. The molecule has 0 aliphatic carbocycles. The quantitative estimate of drug-likeness (QED) is 0.567. The molecule has 1 aromatic rings. The van der Waals surface area contributed by atoms with E-state index >= 15 is 0 Å². The van der Waals surface area contributed by atoms with Crippen molar-refractivity contribution in [2.75, 3.05) is 14.2 Å². The molecule has 0 unspecified atom stereocenters. The predicted molar refractivity (Wildman–Crippen MR) is 110 cm³/mol. The van der Waals surface area contributed by atoms with Crippen LogP contribution in [0.2, 0.25) is 0 Å². The van der Waals surface area contributed by atoms with E-state index in [1.54, 1.807) is 14.2 Å². The Morgan fingerprint density at radius 3 is 2.23 bits per heavy atom. The summed E-state index contributed by atoms with van der Waals surface area (Å²) in [5.41, 5.74) is 5.33. The Kier molecular flexibility index (Phi) is 8.42. The van der Waals surface area contributed by atoms with E-state index in [1.165, 1.54) is 16.7 Å². The summed E-state index contributed by atoms with van der Waals surface area (Å²) in [5, 5.41) is 10.3. The fraction of sp³-hybridized carbons (Fsp3) is 0.565. The fourth-order valence-electron chi connectivity index (χ4n) is 3.45. The van der Waals surface area contributed by atoms with Crippen molar-refractivity contribution in [3.8, 4) is 11.5 Å². The van der Waals surface area contributed by atoms with E-state index in [2.05, 4.69) is 39.0 Å². The van der Waals surface area contributed by atoms with Crippen molar-refractivity contribution in [2.45, 2.75) is 72.8 Å². The first-order valence-corrected chi connectivity index (χ1v) is 9.36. The van der Waals surface area contributed by atoms with Crippen LogP contribution in [0.15, 0.2) is 34.9 Å². The summed E-state index contributed by atoms with van der Waals surface area (Å²) in [6.45, 7) is 12.1. The van der Waals surface area contributed by atoms with Gasteiger partial charge >= 0.3 is 0 Å². The van der Waals surface area contributed by atoms with Crippen LogP contribution < -0.4 is 9.47 Å². The molecule has 0 aliphatic heterocycles. The normalized spacial score (nSPS) is 12.1. The molecule has 0 bridgehead atoms. The van der Waals surface area contributed by atoms with Crippen molar-refractivity contribution >= 4 is 0 Å². The van der Waals surface area contributed by atoms with Gasteiger partial charge in [0.1, 0.15) is 0 Å². The molecule has 0 fully saturated rings. The zero-order valence-electron chi connectivity index (χ0n) is 17.8. The predicted octanol–water partition coefficient (Wildman–Crippen LogP) is 5.78. The summed E-state index contributed by atoms with van der Waals surface area (Å²) >= 11 is 0. The van der Waals surface area contributed by atoms with Crippen LogP contribution in [0.25, 0.3) is 0 Å². The SMILES string of the molecule is COc1cc(CC/C=C(\C)CCC(=C(C)C)C(C)(C)O)cc(C)c1OC.